The minimum Gasteiger partial charge on any atom is -0.494 e. The Morgan fingerprint density at radius 3 is 2.84 bits per heavy atom. The lowest BCUT2D eigenvalue weighted by Gasteiger charge is -2.17. The monoisotopic (exact) mass is 325 g/mol. The van der Waals surface area contributed by atoms with E-state index in [-0.39, 0.29) is 5.91 Å². The third-order valence-corrected chi connectivity index (χ3v) is 3.83. The molecule has 1 N–H and O–H groups in total. The Kier molecular flexibility index (Phi) is 5.70. The molecule has 0 spiro atoms. The van der Waals surface area contributed by atoms with Gasteiger partial charge in [0, 0.05) is 17.4 Å². The van der Waals surface area contributed by atoms with Gasteiger partial charge in [-0.3, -0.25) is 4.79 Å². The summed E-state index contributed by atoms with van der Waals surface area (Å²) in [6.07, 6.45) is 6.18. The van der Waals surface area contributed by atoms with Crippen LogP contribution in [-0.4, -0.2) is 17.8 Å². The number of ether oxygens (including phenoxy) is 1. The molecule has 1 amide bonds. The lowest BCUT2D eigenvalue weighted by Crippen LogP contribution is -2.18. The zero-order chi connectivity index (χ0) is 13.5. The van der Waals surface area contributed by atoms with E-state index < -0.39 is 0 Å². The number of nitrogens with one attached hydrogen (secondary N) is 1. The maximum Gasteiger partial charge on any atom is 0.224 e. The zero-order valence-corrected chi connectivity index (χ0v) is 12.7. The summed E-state index contributed by atoms with van der Waals surface area (Å²) in [6.45, 7) is 0.771. The minimum absolute atomic E-state index is 0.105. The van der Waals surface area contributed by atoms with Gasteiger partial charge in [-0.05, 0) is 43.0 Å². The number of alkyl halides is 1. The van der Waals surface area contributed by atoms with Gasteiger partial charge in [-0.2, -0.15) is 0 Å². The number of rotatable bonds is 7. The van der Waals surface area contributed by atoms with Crippen molar-refractivity contribution in [1.29, 1.82) is 0 Å². The fraction of sp³-hybridized carbons (Fsp3) is 0.533. The van der Waals surface area contributed by atoms with Crippen LogP contribution in [0, 0.1) is 0 Å². The van der Waals surface area contributed by atoms with Crippen molar-refractivity contribution in [3.63, 3.8) is 0 Å². The van der Waals surface area contributed by atoms with Gasteiger partial charge < -0.3 is 10.1 Å². The number of hydrogen-bond acceptors (Lipinski definition) is 2. The second-order valence-electron chi connectivity index (χ2n) is 4.82. The van der Waals surface area contributed by atoms with Crippen LogP contribution >= 0.6 is 15.9 Å². The molecule has 1 aromatic carbocycles. The Hall–Kier alpha value is -1.03. The van der Waals surface area contributed by atoms with E-state index in [2.05, 4.69) is 21.2 Å². The molecule has 1 aromatic rings. The van der Waals surface area contributed by atoms with Crippen molar-refractivity contribution in [2.24, 2.45) is 0 Å². The molecule has 0 aliphatic carbocycles. The molecule has 1 aliphatic rings. The highest BCUT2D eigenvalue weighted by atomic mass is 79.9. The Bertz CT molecular complexity index is 434. The molecule has 0 atom stereocenters. The molecule has 1 heterocycles. The largest absolute Gasteiger partial charge is 0.494 e. The molecule has 0 unspecified atom stereocenters. The van der Waals surface area contributed by atoms with E-state index in [9.17, 15) is 4.79 Å². The Balaban J connectivity index is 1.77. The van der Waals surface area contributed by atoms with E-state index in [0.29, 0.717) is 6.42 Å². The van der Waals surface area contributed by atoms with E-state index in [1.807, 2.05) is 18.2 Å². The molecule has 2 rings (SSSR count). The number of benzene rings is 1. The highest BCUT2D eigenvalue weighted by molar-refractivity contribution is 9.09. The minimum atomic E-state index is 0.105. The molecule has 0 saturated carbocycles. The summed E-state index contributed by atoms with van der Waals surface area (Å²) in [4.78, 5) is 11.3. The van der Waals surface area contributed by atoms with Crippen LogP contribution in [0.2, 0.25) is 0 Å². The molecule has 0 aromatic heterocycles. The van der Waals surface area contributed by atoms with Gasteiger partial charge in [0.05, 0.1) is 6.61 Å². The van der Waals surface area contributed by atoms with Crippen molar-refractivity contribution in [1.82, 2.24) is 0 Å². The molecule has 0 radical (unpaired) electrons. The van der Waals surface area contributed by atoms with Crippen molar-refractivity contribution in [2.45, 2.75) is 38.5 Å². The van der Waals surface area contributed by atoms with Crippen LogP contribution in [-0.2, 0) is 11.2 Å². The van der Waals surface area contributed by atoms with Crippen LogP contribution in [0.5, 0.6) is 5.75 Å². The third-order valence-electron chi connectivity index (χ3n) is 3.27. The van der Waals surface area contributed by atoms with E-state index in [4.69, 9.17) is 4.74 Å². The van der Waals surface area contributed by atoms with Crippen molar-refractivity contribution in [3.8, 4) is 5.75 Å². The normalized spacial score (nSPS) is 13.8. The van der Waals surface area contributed by atoms with E-state index in [1.54, 1.807) is 0 Å². The number of carbonyl (C=O) groups excluding carboxylic acids is 1. The van der Waals surface area contributed by atoms with Crippen LogP contribution in [0.15, 0.2) is 18.2 Å². The smallest absolute Gasteiger partial charge is 0.224 e. The van der Waals surface area contributed by atoms with E-state index >= 15 is 0 Å². The molecule has 3 nitrogen and oxygen atoms in total. The Morgan fingerprint density at radius 1 is 1.16 bits per heavy atom. The first kappa shape index (κ1) is 14.4. The first-order chi connectivity index (χ1) is 9.29. The molecular weight excluding hydrogens is 306 g/mol. The Morgan fingerprint density at radius 2 is 2.00 bits per heavy atom. The predicted octanol–water partition coefficient (Wildman–Crippen LogP) is 3.91. The van der Waals surface area contributed by atoms with Gasteiger partial charge in [0.15, 0.2) is 0 Å². The SMILES string of the molecule is O=C1CCc2cc(OCCCCCCBr)ccc2N1. The standard InChI is InChI=1S/C15H20BrNO2/c16-9-3-1-2-4-10-19-13-6-7-14-12(11-13)5-8-15(18)17-14/h6-7,11H,1-5,8-10H2,(H,17,18). The molecule has 19 heavy (non-hydrogen) atoms. The van der Waals surface area contributed by atoms with Gasteiger partial charge in [-0.1, -0.05) is 28.8 Å². The highest BCUT2D eigenvalue weighted by Crippen LogP contribution is 2.26. The summed E-state index contributed by atoms with van der Waals surface area (Å²) in [5.74, 6) is 1.02. The molecule has 0 saturated heterocycles. The van der Waals surface area contributed by atoms with Gasteiger partial charge in [0.25, 0.3) is 0 Å². The van der Waals surface area contributed by atoms with Gasteiger partial charge in [-0.15, -0.1) is 0 Å². The van der Waals surface area contributed by atoms with Crippen molar-refractivity contribution < 1.29 is 9.53 Å². The van der Waals surface area contributed by atoms with E-state index in [0.717, 1.165) is 36.2 Å². The summed E-state index contributed by atoms with van der Waals surface area (Å²) < 4.78 is 5.75. The first-order valence-corrected chi connectivity index (χ1v) is 8.03. The maximum absolute atomic E-state index is 11.3. The quantitative estimate of drug-likeness (QED) is 0.609. The average Bonchev–Trinajstić information content (AvgIpc) is 2.43. The summed E-state index contributed by atoms with van der Waals surface area (Å²) >= 11 is 3.43. The lowest BCUT2D eigenvalue weighted by molar-refractivity contribution is -0.116. The summed E-state index contributed by atoms with van der Waals surface area (Å²) in [5, 5.41) is 3.97. The molecule has 1 aliphatic heterocycles. The third kappa shape index (κ3) is 4.53. The predicted molar refractivity (Wildman–Crippen MR) is 81.1 cm³/mol. The maximum atomic E-state index is 11.3. The summed E-state index contributed by atoms with van der Waals surface area (Å²) in [6, 6.07) is 5.92. The topological polar surface area (TPSA) is 38.3 Å². The number of anilines is 1. The van der Waals surface area contributed by atoms with Gasteiger partial charge in [0.2, 0.25) is 5.91 Å². The van der Waals surface area contributed by atoms with Crippen LogP contribution in [0.1, 0.15) is 37.7 Å². The Labute approximate surface area is 122 Å². The van der Waals surface area contributed by atoms with Gasteiger partial charge in [0.1, 0.15) is 5.75 Å². The van der Waals surface area contributed by atoms with Crippen molar-refractivity contribution in [2.75, 3.05) is 17.3 Å². The molecule has 4 heteroatoms. The van der Waals surface area contributed by atoms with E-state index in [1.165, 1.54) is 24.8 Å². The lowest BCUT2D eigenvalue weighted by atomic mass is 10.0. The van der Waals surface area contributed by atoms with Gasteiger partial charge in [-0.25, -0.2) is 0 Å². The average molecular weight is 326 g/mol. The molecule has 0 fully saturated rings. The summed E-state index contributed by atoms with van der Waals surface area (Å²) in [5.41, 5.74) is 2.11. The van der Waals surface area contributed by atoms with Gasteiger partial charge >= 0.3 is 0 Å². The number of amides is 1. The molecule has 104 valence electrons. The number of aryl methyl sites for hydroxylation is 1. The zero-order valence-electron chi connectivity index (χ0n) is 11.1. The first-order valence-electron chi connectivity index (χ1n) is 6.91. The fourth-order valence-corrected chi connectivity index (χ4v) is 2.59. The number of carbonyl (C=O) groups is 1. The number of fused-ring (bicyclic) bond motifs is 1. The van der Waals surface area contributed by atoms with Crippen LogP contribution in [0.25, 0.3) is 0 Å². The van der Waals surface area contributed by atoms with Crippen LogP contribution in [0.3, 0.4) is 0 Å². The van der Waals surface area contributed by atoms with Crippen molar-refractivity contribution in [3.05, 3.63) is 23.8 Å². The second kappa shape index (κ2) is 7.53. The number of hydrogen-bond donors (Lipinski definition) is 1. The fourth-order valence-electron chi connectivity index (χ4n) is 2.19. The summed E-state index contributed by atoms with van der Waals surface area (Å²) in [7, 11) is 0. The second-order valence-corrected chi connectivity index (χ2v) is 5.61. The van der Waals surface area contributed by atoms with Crippen LogP contribution < -0.4 is 10.1 Å². The van der Waals surface area contributed by atoms with Crippen LogP contribution in [0.4, 0.5) is 5.69 Å². The molecule has 0 bridgehead atoms. The number of unbranched alkanes of at least 4 members (excludes halogenated alkanes) is 3. The highest BCUT2D eigenvalue weighted by Gasteiger charge is 2.14. The molecular formula is C15H20BrNO2. The number of halogens is 1. The van der Waals surface area contributed by atoms with Crippen molar-refractivity contribution >= 4 is 27.5 Å².